The quantitative estimate of drug-likeness (QED) is 0.355. The zero-order valence-electron chi connectivity index (χ0n) is 10.9. The highest BCUT2D eigenvalue weighted by Crippen LogP contribution is 2.08. The molecule has 0 saturated carbocycles. The maximum Gasteiger partial charge on any atom is 0.327 e. The summed E-state index contributed by atoms with van der Waals surface area (Å²) in [6.07, 6.45) is 11.0. The predicted molar refractivity (Wildman–Crippen MR) is 72.6 cm³/mol. The van der Waals surface area contributed by atoms with E-state index in [1.54, 1.807) is 0 Å². The summed E-state index contributed by atoms with van der Waals surface area (Å²) in [6.45, 7) is 6.62. The molecule has 0 unspecified atom stereocenters. The van der Waals surface area contributed by atoms with E-state index >= 15 is 0 Å². The second kappa shape index (κ2) is 15.4. The molecule has 0 aliphatic rings. The van der Waals surface area contributed by atoms with E-state index in [4.69, 9.17) is 10.2 Å². The predicted octanol–water partition coefficient (Wildman–Crippen LogP) is 3.63. The van der Waals surface area contributed by atoms with Gasteiger partial charge in [0, 0.05) is 12.5 Å². The summed E-state index contributed by atoms with van der Waals surface area (Å²) < 4.78 is 0. The molecule has 4 nitrogen and oxygen atoms in total. The normalized spacial score (nSPS) is 8.89. The monoisotopic (exact) mass is 256 g/mol. The van der Waals surface area contributed by atoms with Crippen LogP contribution in [0, 0.1) is 0 Å². The van der Waals surface area contributed by atoms with E-state index in [2.05, 4.69) is 13.2 Å². The van der Waals surface area contributed by atoms with Gasteiger partial charge >= 0.3 is 11.9 Å². The lowest BCUT2D eigenvalue weighted by Gasteiger charge is -1.98. The summed E-state index contributed by atoms with van der Waals surface area (Å²) in [5, 5.41) is 16.0. The first-order chi connectivity index (χ1) is 8.54. The number of rotatable bonds is 10. The minimum Gasteiger partial charge on any atom is -0.481 e. The van der Waals surface area contributed by atoms with E-state index in [-0.39, 0.29) is 0 Å². The average Bonchev–Trinajstić information content (AvgIpc) is 2.33. The second-order valence-electron chi connectivity index (χ2n) is 3.88. The molecule has 0 aromatic carbocycles. The summed E-state index contributed by atoms with van der Waals surface area (Å²) in [5.41, 5.74) is 0. The zero-order valence-corrected chi connectivity index (χ0v) is 10.9. The first kappa shape index (κ1) is 18.8. The van der Waals surface area contributed by atoms with Crippen LogP contribution in [0.25, 0.3) is 0 Å². The van der Waals surface area contributed by atoms with Gasteiger partial charge in [-0.25, -0.2) is 4.79 Å². The molecule has 0 fully saturated rings. The lowest BCUT2D eigenvalue weighted by molar-refractivity contribution is -0.137. The Kier molecular flexibility index (Phi) is 16.1. The number of aliphatic carboxylic acids is 2. The van der Waals surface area contributed by atoms with Gasteiger partial charge in [0.2, 0.25) is 0 Å². The highest BCUT2D eigenvalue weighted by molar-refractivity contribution is 5.78. The molecule has 0 bridgehead atoms. The molecule has 0 radical (unpaired) electrons. The molecule has 0 aromatic heterocycles. The van der Waals surface area contributed by atoms with Crippen molar-refractivity contribution in [1.29, 1.82) is 0 Å². The van der Waals surface area contributed by atoms with E-state index in [1.807, 2.05) is 6.08 Å². The van der Waals surface area contributed by atoms with Gasteiger partial charge < -0.3 is 10.2 Å². The number of hydrogen-bond acceptors (Lipinski definition) is 2. The summed E-state index contributed by atoms with van der Waals surface area (Å²) in [7, 11) is 0. The molecule has 0 rings (SSSR count). The molecular weight excluding hydrogens is 232 g/mol. The summed E-state index contributed by atoms with van der Waals surface area (Å²) in [6, 6.07) is 0. The van der Waals surface area contributed by atoms with E-state index in [0.29, 0.717) is 6.42 Å². The van der Waals surface area contributed by atoms with Crippen LogP contribution < -0.4 is 0 Å². The van der Waals surface area contributed by atoms with Crippen molar-refractivity contribution in [3.8, 4) is 0 Å². The molecule has 0 heterocycles. The van der Waals surface area contributed by atoms with Gasteiger partial charge in [-0.05, 0) is 19.3 Å². The van der Waals surface area contributed by atoms with Crippen LogP contribution in [0.3, 0.4) is 0 Å². The molecule has 0 aliphatic heterocycles. The highest BCUT2D eigenvalue weighted by atomic mass is 16.4. The van der Waals surface area contributed by atoms with Crippen molar-refractivity contribution in [1.82, 2.24) is 0 Å². The van der Waals surface area contributed by atoms with Crippen molar-refractivity contribution >= 4 is 11.9 Å². The van der Waals surface area contributed by atoms with Crippen molar-refractivity contribution in [2.75, 3.05) is 0 Å². The summed E-state index contributed by atoms with van der Waals surface area (Å²) >= 11 is 0. The molecule has 0 saturated heterocycles. The molecule has 18 heavy (non-hydrogen) atoms. The Morgan fingerprint density at radius 2 is 1.33 bits per heavy atom. The van der Waals surface area contributed by atoms with Gasteiger partial charge in [-0.1, -0.05) is 38.3 Å². The van der Waals surface area contributed by atoms with Gasteiger partial charge in [0.15, 0.2) is 0 Å². The van der Waals surface area contributed by atoms with Crippen molar-refractivity contribution < 1.29 is 19.8 Å². The molecule has 0 spiro atoms. The molecule has 0 amide bonds. The third kappa shape index (κ3) is 23.9. The fourth-order valence-corrected chi connectivity index (χ4v) is 1.27. The fourth-order valence-electron chi connectivity index (χ4n) is 1.27. The third-order valence-corrected chi connectivity index (χ3v) is 2.22. The summed E-state index contributed by atoms with van der Waals surface area (Å²) in [5.74, 6) is -1.66. The first-order valence-electron chi connectivity index (χ1n) is 6.22. The molecule has 0 aromatic rings. The lowest BCUT2D eigenvalue weighted by atomic mass is 10.1. The van der Waals surface area contributed by atoms with Gasteiger partial charge in [-0.3, -0.25) is 4.79 Å². The fraction of sp³-hybridized carbons (Fsp3) is 0.571. The van der Waals surface area contributed by atoms with Crippen LogP contribution in [0.15, 0.2) is 25.3 Å². The van der Waals surface area contributed by atoms with Gasteiger partial charge in [0.25, 0.3) is 0 Å². The molecule has 2 N–H and O–H groups in total. The van der Waals surface area contributed by atoms with E-state index < -0.39 is 11.9 Å². The SMILES string of the molecule is C=CC(=O)O.C=CCCCCCCCCC(=O)O. The van der Waals surface area contributed by atoms with E-state index in [9.17, 15) is 9.59 Å². The molecule has 0 aliphatic carbocycles. The number of hydrogen-bond donors (Lipinski definition) is 2. The van der Waals surface area contributed by atoms with Gasteiger partial charge in [0.05, 0.1) is 0 Å². The number of carbonyl (C=O) groups is 2. The molecule has 104 valence electrons. The first-order valence-corrected chi connectivity index (χ1v) is 6.22. The average molecular weight is 256 g/mol. The smallest absolute Gasteiger partial charge is 0.327 e. The van der Waals surface area contributed by atoms with Crippen molar-refractivity contribution in [3.63, 3.8) is 0 Å². The van der Waals surface area contributed by atoms with Crippen molar-refractivity contribution in [3.05, 3.63) is 25.3 Å². The minimum atomic E-state index is -0.981. The van der Waals surface area contributed by atoms with Crippen LogP contribution in [-0.2, 0) is 9.59 Å². The van der Waals surface area contributed by atoms with Crippen molar-refractivity contribution in [2.24, 2.45) is 0 Å². The highest BCUT2D eigenvalue weighted by Gasteiger charge is 1.95. The van der Waals surface area contributed by atoms with Crippen molar-refractivity contribution in [2.45, 2.75) is 51.4 Å². The number of unbranched alkanes of at least 4 members (excludes halogenated alkanes) is 6. The maximum absolute atomic E-state index is 10.2. The largest absolute Gasteiger partial charge is 0.481 e. The van der Waals surface area contributed by atoms with Crippen LogP contribution in [0.4, 0.5) is 0 Å². The molecule has 0 atom stereocenters. The van der Waals surface area contributed by atoms with Gasteiger partial charge in [0.1, 0.15) is 0 Å². The number of carboxylic acid groups (broad SMARTS) is 2. The molecular formula is C14H24O4. The maximum atomic E-state index is 10.2. The Hall–Kier alpha value is -1.58. The number of allylic oxidation sites excluding steroid dienone is 1. The Morgan fingerprint density at radius 3 is 1.72 bits per heavy atom. The van der Waals surface area contributed by atoms with Crippen LogP contribution >= 0.6 is 0 Å². The summed E-state index contributed by atoms with van der Waals surface area (Å²) in [4.78, 5) is 19.4. The Balaban J connectivity index is 0. The zero-order chi connectivity index (χ0) is 14.2. The van der Waals surface area contributed by atoms with Crippen LogP contribution in [0.2, 0.25) is 0 Å². The third-order valence-electron chi connectivity index (χ3n) is 2.22. The standard InChI is InChI=1S/C11H20O2.C3H4O2/c1-2-3-4-5-6-7-8-9-10-11(12)13;1-2-3(4)5/h2H,1,3-10H2,(H,12,13);2H,1H2,(H,4,5). The topological polar surface area (TPSA) is 74.6 Å². The van der Waals surface area contributed by atoms with Crippen LogP contribution in [-0.4, -0.2) is 22.2 Å². The van der Waals surface area contributed by atoms with Gasteiger partial charge in [-0.2, -0.15) is 0 Å². The van der Waals surface area contributed by atoms with Crippen LogP contribution in [0.1, 0.15) is 51.4 Å². The molecule has 4 heteroatoms. The number of carboxylic acids is 2. The lowest BCUT2D eigenvalue weighted by Crippen LogP contribution is -1.93. The van der Waals surface area contributed by atoms with Crippen LogP contribution in [0.5, 0.6) is 0 Å². The van der Waals surface area contributed by atoms with Gasteiger partial charge in [-0.15, -0.1) is 6.58 Å². The Labute approximate surface area is 109 Å². The second-order valence-corrected chi connectivity index (χ2v) is 3.88. The Bertz CT molecular complexity index is 246. The minimum absolute atomic E-state index is 0.326. The Morgan fingerprint density at radius 1 is 0.889 bits per heavy atom. The van der Waals surface area contributed by atoms with E-state index in [1.165, 1.54) is 25.7 Å². The van der Waals surface area contributed by atoms with E-state index in [0.717, 1.165) is 25.3 Å².